The molecule has 0 bridgehead atoms. The summed E-state index contributed by atoms with van der Waals surface area (Å²) in [6, 6.07) is 3.38. The number of rotatable bonds is 5. The van der Waals surface area contributed by atoms with Gasteiger partial charge in [0, 0.05) is 13.7 Å². The summed E-state index contributed by atoms with van der Waals surface area (Å²) >= 11 is 0. The number of hydrogen-bond donors (Lipinski definition) is 2. The lowest BCUT2D eigenvalue weighted by Gasteiger charge is -2.28. The number of methoxy groups -OCH3 is 3. The lowest BCUT2D eigenvalue weighted by atomic mass is 9.95. The molecule has 3 N–H and O–H groups in total. The highest BCUT2D eigenvalue weighted by atomic mass is 16.5. The molecule has 1 unspecified atom stereocenters. The molecule has 0 heterocycles. The summed E-state index contributed by atoms with van der Waals surface area (Å²) in [5, 5.41) is 9.80. The van der Waals surface area contributed by atoms with Crippen molar-refractivity contribution in [3.05, 3.63) is 17.7 Å². The number of hydrogen-bond acceptors (Lipinski definition) is 5. The third kappa shape index (κ3) is 2.45. The summed E-state index contributed by atoms with van der Waals surface area (Å²) in [6.07, 6.45) is 0. The Bertz CT molecular complexity index is 363. The molecule has 0 fully saturated rings. The highest BCUT2D eigenvalue weighted by molar-refractivity contribution is 5.53. The second kappa shape index (κ2) is 5.25. The van der Waals surface area contributed by atoms with Gasteiger partial charge in [0.1, 0.15) is 5.60 Å². The van der Waals surface area contributed by atoms with Crippen LogP contribution in [0.1, 0.15) is 12.5 Å². The van der Waals surface area contributed by atoms with Gasteiger partial charge < -0.3 is 25.1 Å². The van der Waals surface area contributed by atoms with Crippen molar-refractivity contribution < 1.29 is 19.3 Å². The largest absolute Gasteiger partial charge is 0.502 e. The predicted molar refractivity (Wildman–Crippen MR) is 64.6 cm³/mol. The Hall–Kier alpha value is -1.46. The normalized spacial score (nSPS) is 14.2. The van der Waals surface area contributed by atoms with Crippen LogP contribution >= 0.6 is 0 Å². The summed E-state index contributed by atoms with van der Waals surface area (Å²) in [5.74, 6) is 0.626. The summed E-state index contributed by atoms with van der Waals surface area (Å²) in [5.41, 5.74) is 5.84. The van der Waals surface area contributed by atoms with Crippen LogP contribution in [0.2, 0.25) is 0 Å². The van der Waals surface area contributed by atoms with Crippen molar-refractivity contribution in [1.29, 1.82) is 0 Å². The van der Waals surface area contributed by atoms with Crippen molar-refractivity contribution in [1.82, 2.24) is 0 Å². The van der Waals surface area contributed by atoms with E-state index in [9.17, 15) is 5.11 Å². The van der Waals surface area contributed by atoms with Gasteiger partial charge in [-0.05, 0) is 24.6 Å². The van der Waals surface area contributed by atoms with Gasteiger partial charge >= 0.3 is 0 Å². The molecule has 5 nitrogen and oxygen atoms in total. The topological polar surface area (TPSA) is 73.9 Å². The Labute approximate surface area is 101 Å². The molecule has 1 atom stereocenters. The summed E-state index contributed by atoms with van der Waals surface area (Å²) in [7, 11) is 4.54. The molecule has 1 rings (SSSR count). The molecule has 0 aliphatic rings. The van der Waals surface area contributed by atoms with E-state index in [1.807, 2.05) is 6.92 Å². The van der Waals surface area contributed by atoms with Crippen molar-refractivity contribution in [3.63, 3.8) is 0 Å². The van der Waals surface area contributed by atoms with E-state index in [0.29, 0.717) is 18.0 Å². The van der Waals surface area contributed by atoms with Crippen molar-refractivity contribution in [2.75, 3.05) is 27.9 Å². The minimum atomic E-state index is -0.645. The van der Waals surface area contributed by atoms with E-state index in [0.717, 1.165) is 5.56 Å². The maximum Gasteiger partial charge on any atom is 0.200 e. The molecule has 0 amide bonds. The zero-order chi connectivity index (χ0) is 13.1. The van der Waals surface area contributed by atoms with Crippen molar-refractivity contribution in [3.8, 4) is 17.2 Å². The van der Waals surface area contributed by atoms with E-state index < -0.39 is 5.60 Å². The van der Waals surface area contributed by atoms with E-state index in [2.05, 4.69) is 0 Å². The van der Waals surface area contributed by atoms with Crippen LogP contribution < -0.4 is 15.2 Å². The van der Waals surface area contributed by atoms with Gasteiger partial charge in [-0.1, -0.05) is 0 Å². The van der Waals surface area contributed by atoms with Crippen LogP contribution in [-0.2, 0) is 10.3 Å². The minimum Gasteiger partial charge on any atom is -0.502 e. The average molecular weight is 241 g/mol. The van der Waals surface area contributed by atoms with Crippen molar-refractivity contribution in [2.45, 2.75) is 12.5 Å². The number of phenolic OH excluding ortho intramolecular Hbond substituents is 1. The molecule has 0 aliphatic carbocycles. The average Bonchev–Trinajstić information content (AvgIpc) is 2.38. The fraction of sp³-hybridized carbons (Fsp3) is 0.500. The summed E-state index contributed by atoms with van der Waals surface area (Å²) < 4.78 is 15.6. The van der Waals surface area contributed by atoms with Gasteiger partial charge in [-0.25, -0.2) is 0 Å². The van der Waals surface area contributed by atoms with Gasteiger partial charge in [0.15, 0.2) is 11.5 Å². The monoisotopic (exact) mass is 241 g/mol. The smallest absolute Gasteiger partial charge is 0.200 e. The molecule has 0 saturated heterocycles. The van der Waals surface area contributed by atoms with E-state index in [4.69, 9.17) is 19.9 Å². The van der Waals surface area contributed by atoms with Crippen LogP contribution in [0.3, 0.4) is 0 Å². The Morgan fingerprint density at radius 3 is 1.94 bits per heavy atom. The van der Waals surface area contributed by atoms with Crippen molar-refractivity contribution >= 4 is 0 Å². The van der Waals surface area contributed by atoms with Crippen LogP contribution in [0.15, 0.2) is 12.1 Å². The maximum absolute atomic E-state index is 9.80. The molecular formula is C12H19NO4. The first kappa shape index (κ1) is 13.6. The molecule has 96 valence electrons. The van der Waals surface area contributed by atoms with Gasteiger partial charge in [0.05, 0.1) is 14.2 Å². The molecule has 1 aromatic carbocycles. The lowest BCUT2D eigenvalue weighted by molar-refractivity contribution is 0.00971. The SMILES string of the molecule is COc1cc(C(C)(CN)OC)cc(OC)c1O. The first-order valence-electron chi connectivity index (χ1n) is 5.23. The zero-order valence-electron chi connectivity index (χ0n) is 10.6. The lowest BCUT2D eigenvalue weighted by Crippen LogP contribution is -2.33. The molecule has 5 heteroatoms. The Morgan fingerprint density at radius 2 is 1.65 bits per heavy atom. The Morgan fingerprint density at radius 1 is 1.18 bits per heavy atom. The fourth-order valence-corrected chi connectivity index (χ4v) is 1.52. The molecular weight excluding hydrogens is 222 g/mol. The molecule has 0 aliphatic heterocycles. The zero-order valence-corrected chi connectivity index (χ0v) is 10.6. The van der Waals surface area contributed by atoms with Crippen LogP contribution in [0.4, 0.5) is 0 Å². The standard InChI is InChI=1S/C12H19NO4/c1-12(7-13,17-4)8-5-9(15-2)11(14)10(6-8)16-3/h5-6,14H,7,13H2,1-4H3. The third-order valence-corrected chi connectivity index (χ3v) is 2.93. The van der Waals surface area contributed by atoms with Crippen molar-refractivity contribution in [2.24, 2.45) is 5.73 Å². The molecule has 0 radical (unpaired) electrons. The minimum absolute atomic E-state index is 0.0331. The Kier molecular flexibility index (Phi) is 4.20. The van der Waals surface area contributed by atoms with Gasteiger partial charge in [0.2, 0.25) is 5.75 Å². The Balaban J connectivity index is 3.35. The van der Waals surface area contributed by atoms with Crippen LogP contribution in [0.5, 0.6) is 17.2 Å². The summed E-state index contributed by atoms with van der Waals surface area (Å²) in [4.78, 5) is 0. The highest BCUT2D eigenvalue weighted by Crippen LogP contribution is 2.40. The van der Waals surface area contributed by atoms with E-state index in [-0.39, 0.29) is 5.75 Å². The van der Waals surface area contributed by atoms with Gasteiger partial charge in [-0.3, -0.25) is 0 Å². The van der Waals surface area contributed by atoms with E-state index in [1.165, 1.54) is 14.2 Å². The first-order valence-corrected chi connectivity index (χ1v) is 5.23. The molecule has 17 heavy (non-hydrogen) atoms. The maximum atomic E-state index is 9.80. The number of phenols is 1. The molecule has 0 aromatic heterocycles. The summed E-state index contributed by atoms with van der Waals surface area (Å²) in [6.45, 7) is 2.17. The number of aromatic hydroxyl groups is 1. The number of benzene rings is 1. The van der Waals surface area contributed by atoms with E-state index >= 15 is 0 Å². The quantitative estimate of drug-likeness (QED) is 0.811. The molecule has 0 saturated carbocycles. The first-order chi connectivity index (χ1) is 8.02. The van der Waals surface area contributed by atoms with Crippen LogP contribution in [0, 0.1) is 0 Å². The highest BCUT2D eigenvalue weighted by Gasteiger charge is 2.27. The second-order valence-corrected chi connectivity index (χ2v) is 3.87. The number of ether oxygens (including phenoxy) is 3. The molecule has 0 spiro atoms. The van der Waals surface area contributed by atoms with Gasteiger partial charge in [-0.15, -0.1) is 0 Å². The molecule has 1 aromatic rings. The second-order valence-electron chi connectivity index (χ2n) is 3.87. The van der Waals surface area contributed by atoms with Crippen LogP contribution in [0.25, 0.3) is 0 Å². The third-order valence-electron chi connectivity index (χ3n) is 2.93. The van der Waals surface area contributed by atoms with Crippen LogP contribution in [-0.4, -0.2) is 33.0 Å². The predicted octanol–water partition coefficient (Wildman–Crippen LogP) is 1.23. The van der Waals surface area contributed by atoms with E-state index in [1.54, 1.807) is 19.2 Å². The van der Waals surface area contributed by atoms with Gasteiger partial charge in [-0.2, -0.15) is 0 Å². The fourth-order valence-electron chi connectivity index (χ4n) is 1.52. The van der Waals surface area contributed by atoms with Gasteiger partial charge in [0.25, 0.3) is 0 Å². The number of nitrogens with two attached hydrogens (primary N) is 1.